The second kappa shape index (κ2) is 11.7. The highest BCUT2D eigenvalue weighted by atomic mass is 32.2. The minimum Gasteiger partial charge on any atom is -0.484 e. The minimum absolute atomic E-state index is 0.0437. The summed E-state index contributed by atoms with van der Waals surface area (Å²) in [6.07, 6.45) is -1.90. The molecule has 12 nitrogen and oxygen atoms in total. The fraction of sp³-hybridized carbons (Fsp3) is 0.464. The molecule has 4 rings (SSSR count). The number of anilines is 2. The van der Waals surface area contributed by atoms with E-state index in [0.29, 0.717) is 13.1 Å². The van der Waals surface area contributed by atoms with Crippen molar-refractivity contribution >= 4 is 39.5 Å². The van der Waals surface area contributed by atoms with E-state index in [9.17, 15) is 27.2 Å². The van der Waals surface area contributed by atoms with Gasteiger partial charge in [0.05, 0.1) is 23.7 Å². The number of nitrogens with one attached hydrogen (secondary N) is 2. The lowest BCUT2D eigenvalue weighted by Gasteiger charge is -2.47. The number of rotatable bonds is 7. The van der Waals surface area contributed by atoms with Crippen molar-refractivity contribution in [2.45, 2.75) is 51.2 Å². The summed E-state index contributed by atoms with van der Waals surface area (Å²) >= 11 is 0. The fourth-order valence-electron chi connectivity index (χ4n) is 4.53. The highest BCUT2D eigenvalue weighted by molar-refractivity contribution is 7.92. The first-order valence-corrected chi connectivity index (χ1v) is 14.7. The topological polar surface area (TPSA) is 144 Å². The van der Waals surface area contributed by atoms with Crippen molar-refractivity contribution in [1.82, 2.24) is 10.2 Å². The van der Waals surface area contributed by atoms with Crippen LogP contribution in [0.3, 0.4) is 0 Å². The second-order valence-corrected chi connectivity index (χ2v) is 13.6. The monoisotopic (exact) mass is 606 g/mol. The summed E-state index contributed by atoms with van der Waals surface area (Å²) in [5.41, 5.74) is -0.660. The van der Waals surface area contributed by atoms with Crippen LogP contribution in [0.25, 0.3) is 0 Å². The first kappa shape index (κ1) is 30.9. The molecule has 0 unspecified atom stereocenters. The van der Waals surface area contributed by atoms with Gasteiger partial charge < -0.3 is 24.4 Å². The Kier molecular flexibility index (Phi) is 8.58. The van der Waals surface area contributed by atoms with Gasteiger partial charge in [0.1, 0.15) is 29.9 Å². The number of amides is 3. The van der Waals surface area contributed by atoms with E-state index >= 15 is 0 Å². The zero-order valence-corrected chi connectivity index (χ0v) is 24.9. The second-order valence-electron chi connectivity index (χ2n) is 11.7. The Morgan fingerprint density at radius 1 is 1.12 bits per heavy atom. The molecule has 0 spiro atoms. The predicted molar refractivity (Wildman–Crippen MR) is 151 cm³/mol. The molecule has 1 saturated heterocycles. The lowest BCUT2D eigenvalue weighted by molar-refractivity contribution is -0.119. The Bertz CT molecular complexity index is 1450. The smallest absolute Gasteiger partial charge is 0.411 e. The van der Waals surface area contributed by atoms with Crippen LogP contribution in [0.5, 0.6) is 5.75 Å². The van der Waals surface area contributed by atoms with Gasteiger partial charge in [-0.25, -0.2) is 22.4 Å². The van der Waals surface area contributed by atoms with Gasteiger partial charge in [0.25, 0.3) is 10.0 Å². The van der Waals surface area contributed by atoms with Gasteiger partial charge in [0, 0.05) is 31.1 Å². The molecule has 2 aromatic carbocycles. The summed E-state index contributed by atoms with van der Waals surface area (Å²) in [5.74, 6) is -0.674. The molecule has 2 N–H and O–H groups in total. The first-order chi connectivity index (χ1) is 19.5. The molecule has 42 heavy (non-hydrogen) atoms. The number of hydrogen-bond acceptors (Lipinski definition) is 8. The number of sulfonamides is 1. The Hall–Kier alpha value is -4.07. The van der Waals surface area contributed by atoms with Crippen molar-refractivity contribution in [3.05, 3.63) is 48.3 Å². The molecule has 14 heteroatoms. The number of nitrogens with zero attached hydrogens (tertiary/aromatic N) is 2. The van der Waals surface area contributed by atoms with Gasteiger partial charge in [-0.15, -0.1) is 0 Å². The van der Waals surface area contributed by atoms with Crippen LogP contribution in [0.2, 0.25) is 0 Å². The molecule has 228 valence electrons. The van der Waals surface area contributed by atoms with E-state index in [1.165, 1.54) is 30.0 Å². The molecule has 0 radical (unpaired) electrons. The number of likely N-dealkylation sites (tertiary alicyclic amines) is 1. The van der Waals surface area contributed by atoms with E-state index in [0.717, 1.165) is 28.6 Å². The third-order valence-electron chi connectivity index (χ3n) is 6.47. The summed E-state index contributed by atoms with van der Waals surface area (Å²) in [6, 6.07) is 8.88. The van der Waals surface area contributed by atoms with Gasteiger partial charge >= 0.3 is 12.2 Å². The third-order valence-corrected chi connectivity index (χ3v) is 8.26. The summed E-state index contributed by atoms with van der Waals surface area (Å²) in [6.45, 7) is 9.25. The average molecular weight is 607 g/mol. The number of hydrogen-bond donors (Lipinski definition) is 2. The molecule has 2 aliphatic heterocycles. The molecule has 2 aliphatic rings. The van der Waals surface area contributed by atoms with Gasteiger partial charge in [0.2, 0.25) is 5.91 Å². The molecule has 2 aromatic rings. The van der Waals surface area contributed by atoms with Crippen LogP contribution in [0.4, 0.5) is 25.4 Å². The zero-order valence-electron chi connectivity index (χ0n) is 24.1. The molecule has 1 fully saturated rings. The molecule has 0 bridgehead atoms. The summed E-state index contributed by atoms with van der Waals surface area (Å²) in [5, 5.41) is 5.22. The lowest BCUT2D eigenvalue weighted by atomic mass is 9.83. The number of ether oxygens (including phenoxy) is 3. The highest BCUT2D eigenvalue weighted by Gasteiger charge is 2.44. The fourth-order valence-corrected chi connectivity index (χ4v) is 6.03. The van der Waals surface area contributed by atoms with Crippen molar-refractivity contribution in [3.8, 4) is 5.75 Å². The largest absolute Gasteiger partial charge is 0.484 e. The normalized spacial score (nSPS) is 17.7. The first-order valence-electron chi connectivity index (χ1n) is 13.3. The van der Waals surface area contributed by atoms with Gasteiger partial charge in [-0.05, 0) is 63.2 Å². The van der Waals surface area contributed by atoms with Crippen molar-refractivity contribution < 1.29 is 41.4 Å². The molecule has 0 saturated carbocycles. The number of fused-ring (bicyclic) bond motifs is 1. The van der Waals surface area contributed by atoms with Crippen LogP contribution in [-0.2, 0) is 24.3 Å². The van der Waals surface area contributed by atoms with Crippen LogP contribution < -0.4 is 19.7 Å². The van der Waals surface area contributed by atoms with E-state index in [4.69, 9.17) is 14.2 Å². The summed E-state index contributed by atoms with van der Waals surface area (Å²) in [4.78, 5) is 37.7. The Morgan fingerprint density at radius 3 is 2.40 bits per heavy atom. The van der Waals surface area contributed by atoms with Crippen LogP contribution in [0.15, 0.2) is 47.4 Å². The quantitative estimate of drug-likeness (QED) is 0.486. The molecule has 2 heterocycles. The minimum atomic E-state index is -4.17. The number of halogens is 1. The van der Waals surface area contributed by atoms with E-state index in [1.54, 1.807) is 20.8 Å². The van der Waals surface area contributed by atoms with Gasteiger partial charge in [-0.3, -0.25) is 14.4 Å². The van der Waals surface area contributed by atoms with Gasteiger partial charge in [-0.1, -0.05) is 6.92 Å². The molecule has 1 atom stereocenters. The van der Waals surface area contributed by atoms with E-state index < -0.39 is 45.1 Å². The van der Waals surface area contributed by atoms with E-state index in [2.05, 4.69) is 10.6 Å². The summed E-state index contributed by atoms with van der Waals surface area (Å²) < 4.78 is 58.5. The Morgan fingerprint density at radius 2 is 1.79 bits per heavy atom. The van der Waals surface area contributed by atoms with Crippen LogP contribution >= 0.6 is 0 Å². The van der Waals surface area contributed by atoms with Crippen LogP contribution in [-0.4, -0.2) is 75.9 Å². The van der Waals surface area contributed by atoms with Gasteiger partial charge in [0.15, 0.2) is 0 Å². The maximum absolute atomic E-state index is 13.6. The highest BCUT2D eigenvalue weighted by Crippen LogP contribution is 2.39. The average Bonchev–Trinajstić information content (AvgIpc) is 2.88. The summed E-state index contributed by atoms with van der Waals surface area (Å²) in [7, 11) is -4.17. The molecule has 0 aliphatic carbocycles. The molecular formula is C28H35FN4O8S. The Balaban J connectivity index is 1.45. The molecule has 3 amide bonds. The number of benzene rings is 2. The van der Waals surface area contributed by atoms with Crippen LogP contribution in [0.1, 0.15) is 34.6 Å². The van der Waals surface area contributed by atoms with Crippen molar-refractivity contribution in [2.24, 2.45) is 5.41 Å². The predicted octanol–water partition coefficient (Wildman–Crippen LogP) is 3.72. The number of carbonyl (C=O) groups is 3. The molecule has 0 aromatic heterocycles. The zero-order chi connectivity index (χ0) is 30.9. The SMILES string of the molecule is CC(=O)NC[C@H]1CN(S(=O)(=O)c2ccc(F)cc2)c2cc(NC(=O)OCC3(C)CN(C(=O)OC(C)(C)C)C3)ccc2O1. The van der Waals surface area contributed by atoms with E-state index in [-0.39, 0.29) is 47.6 Å². The standard InChI is InChI=1S/C28H35FN4O8S/c1-18(34)30-13-21-14-33(42(37,38)22-9-6-19(29)7-10-22)23-12-20(8-11-24(23)40-21)31-25(35)39-17-28(5)15-32(16-28)26(36)41-27(2,3)4/h6-12,21H,13-17H2,1-5H3,(H,30,34)(H,31,35)/t21-/m0/s1. The Labute approximate surface area is 244 Å². The maximum Gasteiger partial charge on any atom is 0.411 e. The van der Waals surface area contributed by atoms with Crippen LogP contribution in [0, 0.1) is 11.2 Å². The van der Waals surface area contributed by atoms with Crippen molar-refractivity contribution in [2.75, 3.05) is 42.4 Å². The van der Waals surface area contributed by atoms with Crippen molar-refractivity contribution in [1.29, 1.82) is 0 Å². The molecular weight excluding hydrogens is 571 g/mol. The van der Waals surface area contributed by atoms with E-state index in [1.807, 2.05) is 6.92 Å². The maximum atomic E-state index is 13.6. The van der Waals surface area contributed by atoms with Crippen molar-refractivity contribution in [3.63, 3.8) is 0 Å². The number of carbonyl (C=O) groups excluding carboxylic acids is 3. The van der Waals surface area contributed by atoms with Gasteiger partial charge in [-0.2, -0.15) is 0 Å². The lowest BCUT2D eigenvalue weighted by Crippen LogP contribution is -2.60. The third kappa shape index (κ3) is 7.41.